The van der Waals surface area contributed by atoms with Gasteiger partial charge in [-0.25, -0.2) is 4.39 Å². The molecule has 1 aliphatic rings. The number of H-pyrrole nitrogens is 1. The van der Waals surface area contributed by atoms with Crippen LogP contribution < -0.4 is 0 Å². The zero-order valence-corrected chi connectivity index (χ0v) is 11.6. The van der Waals surface area contributed by atoms with Gasteiger partial charge >= 0.3 is 0 Å². The molecule has 1 aromatic carbocycles. The van der Waals surface area contributed by atoms with Crippen LogP contribution in [0.2, 0.25) is 5.02 Å². The summed E-state index contributed by atoms with van der Waals surface area (Å²) in [5, 5.41) is 0.144. The van der Waals surface area contributed by atoms with Crippen LogP contribution in [0.25, 0.3) is 11.0 Å². The predicted molar refractivity (Wildman–Crippen MR) is 74.1 cm³/mol. The van der Waals surface area contributed by atoms with Gasteiger partial charge in [0, 0.05) is 12.1 Å². The first-order valence-corrected chi connectivity index (χ1v) is 6.96. The van der Waals surface area contributed by atoms with Crippen LogP contribution in [-0.2, 0) is 0 Å². The average Bonchev–Trinajstić information content (AvgIpc) is 2.52. The summed E-state index contributed by atoms with van der Waals surface area (Å²) in [5.41, 5.74) is 1.61. The van der Waals surface area contributed by atoms with E-state index in [0.29, 0.717) is 22.2 Å². The van der Waals surface area contributed by atoms with E-state index >= 15 is 0 Å². The van der Waals surface area contributed by atoms with Crippen molar-refractivity contribution in [3.8, 4) is 0 Å². The van der Waals surface area contributed by atoms with Crippen molar-refractivity contribution in [3.63, 3.8) is 0 Å². The Labute approximate surface area is 115 Å². The van der Waals surface area contributed by atoms with Gasteiger partial charge < -0.3 is 9.55 Å². The fourth-order valence-corrected chi connectivity index (χ4v) is 3.19. The molecule has 3 rings (SSSR count). The fraction of sp³-hybridized carbons (Fsp3) is 0.462. The molecule has 1 N–H and O–H groups in total. The standard InChI is InChI=1S/C13H14ClFN2S/c1-7(8-3-2-4-8)17-12-5-9(14)10(15)6-11(12)16-13(17)18/h5-8H,2-4H2,1H3,(H,16,18). The van der Waals surface area contributed by atoms with Crippen molar-refractivity contribution in [1.82, 2.24) is 9.55 Å². The van der Waals surface area contributed by atoms with Crippen LogP contribution in [-0.4, -0.2) is 9.55 Å². The minimum absolute atomic E-state index is 0.144. The molecule has 1 unspecified atom stereocenters. The van der Waals surface area contributed by atoms with Crippen molar-refractivity contribution >= 4 is 34.9 Å². The number of imidazole rings is 1. The third-order valence-electron chi connectivity index (χ3n) is 4.00. The van der Waals surface area contributed by atoms with Gasteiger partial charge in [-0.15, -0.1) is 0 Å². The lowest BCUT2D eigenvalue weighted by molar-refractivity contribution is 0.224. The van der Waals surface area contributed by atoms with Gasteiger partial charge in [-0.05, 0) is 44.0 Å². The predicted octanol–water partition coefficient (Wildman–Crippen LogP) is 4.85. The van der Waals surface area contributed by atoms with Crippen molar-refractivity contribution < 1.29 is 4.39 Å². The van der Waals surface area contributed by atoms with Gasteiger partial charge in [-0.3, -0.25) is 0 Å². The molecule has 0 bridgehead atoms. The van der Waals surface area contributed by atoms with E-state index in [1.165, 1.54) is 25.3 Å². The molecular formula is C13H14ClFN2S. The Morgan fingerprint density at radius 3 is 2.83 bits per heavy atom. The summed E-state index contributed by atoms with van der Waals surface area (Å²) < 4.78 is 16.1. The molecule has 5 heteroatoms. The number of nitrogens with one attached hydrogen (secondary N) is 1. The highest BCUT2D eigenvalue weighted by Crippen LogP contribution is 2.38. The molecule has 1 saturated carbocycles. The van der Waals surface area contributed by atoms with Gasteiger partial charge in [0.05, 0.1) is 16.1 Å². The molecule has 2 nitrogen and oxygen atoms in total. The Balaban J connectivity index is 2.18. The molecule has 0 radical (unpaired) electrons. The molecule has 18 heavy (non-hydrogen) atoms. The Hall–Kier alpha value is -0.870. The van der Waals surface area contributed by atoms with Gasteiger partial charge in [0.15, 0.2) is 4.77 Å². The lowest BCUT2D eigenvalue weighted by atomic mass is 9.80. The van der Waals surface area contributed by atoms with Gasteiger partial charge in [0.2, 0.25) is 0 Å². The van der Waals surface area contributed by atoms with Crippen molar-refractivity contribution in [3.05, 3.63) is 27.7 Å². The monoisotopic (exact) mass is 284 g/mol. The maximum absolute atomic E-state index is 13.4. The average molecular weight is 285 g/mol. The van der Waals surface area contributed by atoms with Crippen molar-refractivity contribution in [2.24, 2.45) is 5.92 Å². The number of hydrogen-bond donors (Lipinski definition) is 1. The number of aromatic amines is 1. The molecule has 0 aliphatic heterocycles. The van der Waals surface area contributed by atoms with Crippen LogP contribution in [0.4, 0.5) is 4.39 Å². The lowest BCUT2D eigenvalue weighted by Gasteiger charge is -2.32. The highest BCUT2D eigenvalue weighted by Gasteiger charge is 2.26. The number of rotatable bonds is 2. The molecule has 0 amide bonds. The number of fused-ring (bicyclic) bond motifs is 1. The van der Waals surface area contributed by atoms with Crippen LogP contribution >= 0.6 is 23.8 Å². The second kappa shape index (κ2) is 4.35. The number of hydrogen-bond acceptors (Lipinski definition) is 1. The van der Waals surface area contributed by atoms with E-state index in [2.05, 4.69) is 16.5 Å². The molecule has 96 valence electrons. The highest BCUT2D eigenvalue weighted by molar-refractivity contribution is 7.71. The molecule has 1 atom stereocenters. The molecule has 0 spiro atoms. The van der Waals surface area contributed by atoms with E-state index in [9.17, 15) is 4.39 Å². The minimum atomic E-state index is -0.413. The van der Waals surface area contributed by atoms with E-state index in [4.69, 9.17) is 23.8 Å². The third kappa shape index (κ3) is 1.79. The van der Waals surface area contributed by atoms with Crippen molar-refractivity contribution in [1.29, 1.82) is 0 Å². The van der Waals surface area contributed by atoms with E-state index < -0.39 is 5.82 Å². The van der Waals surface area contributed by atoms with E-state index in [0.717, 1.165) is 5.52 Å². The molecule has 2 aromatic rings. The van der Waals surface area contributed by atoms with Crippen LogP contribution in [0.1, 0.15) is 32.2 Å². The summed E-state index contributed by atoms with van der Waals surface area (Å²) in [4.78, 5) is 3.06. The quantitative estimate of drug-likeness (QED) is 0.782. The summed E-state index contributed by atoms with van der Waals surface area (Å²) in [6.45, 7) is 2.17. The number of halogens is 2. The first-order valence-electron chi connectivity index (χ1n) is 6.17. The van der Waals surface area contributed by atoms with Gasteiger partial charge in [-0.1, -0.05) is 18.0 Å². The Morgan fingerprint density at radius 2 is 2.22 bits per heavy atom. The number of nitrogens with zero attached hydrogens (tertiary/aromatic N) is 1. The minimum Gasteiger partial charge on any atom is -0.330 e. The SMILES string of the molecule is CC(C1CCC1)n1c(=S)[nH]c2cc(F)c(Cl)cc21. The number of benzene rings is 1. The smallest absolute Gasteiger partial charge is 0.178 e. The van der Waals surface area contributed by atoms with Gasteiger partial charge in [-0.2, -0.15) is 0 Å². The third-order valence-corrected chi connectivity index (χ3v) is 4.59. The van der Waals surface area contributed by atoms with Crippen LogP contribution in [0, 0.1) is 16.5 Å². The second-order valence-corrected chi connectivity index (χ2v) is 5.81. The van der Waals surface area contributed by atoms with E-state index in [1.807, 2.05) is 0 Å². The molecule has 0 saturated heterocycles. The Bertz CT molecular complexity index is 657. The molecule has 1 aliphatic carbocycles. The van der Waals surface area contributed by atoms with Crippen LogP contribution in [0.5, 0.6) is 0 Å². The zero-order valence-electron chi connectivity index (χ0n) is 10.0. The second-order valence-electron chi connectivity index (χ2n) is 5.02. The molecule has 1 heterocycles. The largest absolute Gasteiger partial charge is 0.330 e. The van der Waals surface area contributed by atoms with E-state index in [-0.39, 0.29) is 5.02 Å². The first-order chi connectivity index (χ1) is 8.58. The zero-order chi connectivity index (χ0) is 12.9. The summed E-state index contributed by atoms with van der Waals surface area (Å²) in [6, 6.07) is 3.41. The summed E-state index contributed by atoms with van der Waals surface area (Å²) in [7, 11) is 0. The van der Waals surface area contributed by atoms with Gasteiger partial charge in [0.1, 0.15) is 5.82 Å². The maximum atomic E-state index is 13.4. The normalized spacial score (nSPS) is 17.9. The number of aromatic nitrogens is 2. The molecule has 1 aromatic heterocycles. The van der Waals surface area contributed by atoms with E-state index in [1.54, 1.807) is 6.07 Å². The Morgan fingerprint density at radius 1 is 1.50 bits per heavy atom. The van der Waals surface area contributed by atoms with Crippen molar-refractivity contribution in [2.45, 2.75) is 32.2 Å². The van der Waals surface area contributed by atoms with Crippen LogP contribution in [0.15, 0.2) is 12.1 Å². The fourth-order valence-electron chi connectivity index (χ4n) is 2.66. The highest BCUT2D eigenvalue weighted by atomic mass is 35.5. The van der Waals surface area contributed by atoms with Crippen molar-refractivity contribution in [2.75, 3.05) is 0 Å². The van der Waals surface area contributed by atoms with Crippen LogP contribution in [0.3, 0.4) is 0 Å². The van der Waals surface area contributed by atoms with Gasteiger partial charge in [0.25, 0.3) is 0 Å². The lowest BCUT2D eigenvalue weighted by Crippen LogP contribution is -2.22. The summed E-state index contributed by atoms with van der Waals surface area (Å²) in [6.07, 6.45) is 3.77. The topological polar surface area (TPSA) is 20.7 Å². The Kier molecular flexibility index (Phi) is 2.94. The maximum Gasteiger partial charge on any atom is 0.178 e. The summed E-state index contributed by atoms with van der Waals surface area (Å²) in [5.74, 6) is 0.253. The summed E-state index contributed by atoms with van der Waals surface area (Å²) >= 11 is 11.2. The first kappa shape index (κ1) is 12.2. The molecule has 1 fully saturated rings. The molecular weight excluding hydrogens is 271 g/mol.